The Bertz CT molecular complexity index is 1430. The number of aromatic nitrogens is 2. The third-order valence-electron chi connectivity index (χ3n) is 5.52. The number of hydrogen-bond acceptors (Lipinski definition) is 5. The topological polar surface area (TPSA) is 110 Å². The van der Waals surface area contributed by atoms with Crippen molar-refractivity contribution in [2.75, 3.05) is 18.4 Å². The fourth-order valence-electron chi connectivity index (χ4n) is 3.92. The van der Waals surface area contributed by atoms with E-state index >= 15 is 0 Å². The average Bonchev–Trinajstić information content (AvgIpc) is 3.19. The Kier molecular flexibility index (Phi) is 5.22. The summed E-state index contributed by atoms with van der Waals surface area (Å²) in [5.41, 5.74) is 5.54. The van der Waals surface area contributed by atoms with E-state index in [2.05, 4.69) is 21.7 Å². The van der Waals surface area contributed by atoms with Gasteiger partial charge in [0.2, 0.25) is 0 Å². The Hall–Kier alpha value is -3.88. The minimum Gasteiger partial charge on any atom is -0.423 e. The number of anilines is 1. The van der Waals surface area contributed by atoms with E-state index in [1.165, 1.54) is 12.1 Å². The van der Waals surface area contributed by atoms with Crippen molar-refractivity contribution in [2.24, 2.45) is 0 Å². The fourth-order valence-corrected chi connectivity index (χ4v) is 3.92. The van der Waals surface area contributed by atoms with Crippen molar-refractivity contribution in [3.8, 4) is 0 Å². The third-order valence-corrected chi connectivity index (χ3v) is 5.52. The average molecular weight is 424 g/mol. The van der Waals surface area contributed by atoms with Crippen LogP contribution in [-0.4, -0.2) is 46.1 Å². The second-order valence-corrected chi connectivity index (χ2v) is 7.58. The quantitative estimate of drug-likeness (QED) is 0.212. The Morgan fingerprint density at radius 2 is 1.62 bits per heavy atom. The van der Waals surface area contributed by atoms with E-state index in [1.54, 1.807) is 12.1 Å². The number of carbonyl (C=O) groups excluding carboxylic acids is 1. The third kappa shape index (κ3) is 3.66. The Morgan fingerprint density at radius 3 is 2.41 bits per heavy atom. The molecule has 0 bridgehead atoms. The number of hydrogen-bond donors (Lipinski definition) is 5. The summed E-state index contributed by atoms with van der Waals surface area (Å²) in [6, 6.07) is 22.3. The molecule has 5 rings (SSSR count). The summed E-state index contributed by atoms with van der Waals surface area (Å²) in [5, 5.41) is 26.8. The van der Waals surface area contributed by atoms with Gasteiger partial charge in [-0.15, -0.1) is 0 Å². The molecule has 5 N–H and O–H groups in total. The minimum absolute atomic E-state index is 0.221. The lowest BCUT2D eigenvalue weighted by Crippen LogP contribution is -2.31. The summed E-state index contributed by atoms with van der Waals surface area (Å²) >= 11 is 0. The van der Waals surface area contributed by atoms with Crippen molar-refractivity contribution in [1.82, 2.24) is 15.3 Å². The number of aromatic amines is 1. The van der Waals surface area contributed by atoms with E-state index in [0.717, 1.165) is 38.5 Å². The fraction of sp³-hybridized carbons (Fsp3) is 0.0833. The van der Waals surface area contributed by atoms with Crippen molar-refractivity contribution in [1.29, 1.82) is 0 Å². The highest BCUT2D eigenvalue weighted by Crippen LogP contribution is 2.34. The van der Waals surface area contributed by atoms with Gasteiger partial charge in [0.1, 0.15) is 0 Å². The number of benzene rings is 3. The molecule has 3 aromatic carbocycles. The molecule has 0 aliphatic heterocycles. The van der Waals surface area contributed by atoms with Crippen molar-refractivity contribution < 1.29 is 14.8 Å². The van der Waals surface area contributed by atoms with Gasteiger partial charge in [0.15, 0.2) is 0 Å². The van der Waals surface area contributed by atoms with Crippen LogP contribution in [0.15, 0.2) is 72.8 Å². The molecule has 0 saturated heterocycles. The maximum Gasteiger partial charge on any atom is 0.488 e. The monoisotopic (exact) mass is 424 g/mol. The first-order chi connectivity index (χ1) is 15.6. The predicted molar refractivity (Wildman–Crippen MR) is 128 cm³/mol. The molecule has 8 heteroatoms. The molecule has 158 valence electrons. The molecule has 32 heavy (non-hydrogen) atoms. The molecule has 2 aromatic heterocycles. The highest BCUT2D eigenvalue weighted by molar-refractivity contribution is 6.58. The van der Waals surface area contributed by atoms with E-state index < -0.39 is 7.12 Å². The molecule has 0 aliphatic rings. The number of para-hydroxylation sites is 2. The highest BCUT2D eigenvalue weighted by Gasteiger charge is 2.14. The first kappa shape index (κ1) is 20.1. The second kappa shape index (κ2) is 8.34. The van der Waals surface area contributed by atoms with Crippen LogP contribution < -0.4 is 16.1 Å². The smallest absolute Gasteiger partial charge is 0.423 e. The van der Waals surface area contributed by atoms with Gasteiger partial charge in [-0.2, -0.15) is 0 Å². The standard InChI is InChI=1S/C24H21BN4O3/c30-24(15-9-11-16(12-10-15)25(31)32)27-14-13-26-21-17-5-1-3-7-19(17)28-22-18-6-2-4-8-20(18)29-23(21)22/h1-12,29,31-32H,13-14H2,(H,26,28)(H,27,30). The zero-order chi connectivity index (χ0) is 22.1. The molecule has 0 aliphatic carbocycles. The molecule has 0 spiro atoms. The van der Waals surface area contributed by atoms with Crippen LogP contribution >= 0.6 is 0 Å². The zero-order valence-corrected chi connectivity index (χ0v) is 17.2. The number of nitrogens with one attached hydrogen (secondary N) is 3. The van der Waals surface area contributed by atoms with Crippen LogP contribution in [0.25, 0.3) is 32.8 Å². The number of nitrogens with zero attached hydrogens (tertiary/aromatic N) is 1. The molecule has 1 amide bonds. The molecular formula is C24H21BN4O3. The summed E-state index contributed by atoms with van der Waals surface area (Å²) in [6.45, 7) is 0.944. The molecule has 0 unspecified atom stereocenters. The van der Waals surface area contributed by atoms with Gasteiger partial charge in [0.25, 0.3) is 5.91 Å². The lowest BCUT2D eigenvalue weighted by molar-refractivity contribution is 0.0955. The molecule has 0 atom stereocenters. The highest BCUT2D eigenvalue weighted by atomic mass is 16.4. The number of carbonyl (C=O) groups is 1. The Balaban J connectivity index is 1.36. The molecule has 2 heterocycles. The van der Waals surface area contributed by atoms with Gasteiger partial charge >= 0.3 is 7.12 Å². The lowest BCUT2D eigenvalue weighted by Gasteiger charge is -2.12. The number of fused-ring (bicyclic) bond motifs is 4. The largest absolute Gasteiger partial charge is 0.488 e. The summed E-state index contributed by atoms with van der Waals surface area (Å²) in [4.78, 5) is 20.7. The zero-order valence-electron chi connectivity index (χ0n) is 17.2. The SMILES string of the molecule is O=C(NCCNc1c2ccccc2nc2c1[nH]c1ccccc12)c1ccc(B(O)O)cc1. The molecule has 0 radical (unpaired) electrons. The van der Waals surface area contributed by atoms with Crippen LogP contribution in [-0.2, 0) is 0 Å². The van der Waals surface area contributed by atoms with Crippen LogP contribution in [0.4, 0.5) is 5.69 Å². The Morgan fingerprint density at radius 1 is 0.906 bits per heavy atom. The van der Waals surface area contributed by atoms with Gasteiger partial charge in [-0.25, -0.2) is 4.98 Å². The summed E-state index contributed by atoms with van der Waals surface area (Å²) < 4.78 is 0. The van der Waals surface area contributed by atoms with Gasteiger partial charge in [-0.05, 0) is 29.7 Å². The summed E-state index contributed by atoms with van der Waals surface area (Å²) in [6.07, 6.45) is 0. The van der Waals surface area contributed by atoms with E-state index in [0.29, 0.717) is 24.1 Å². The van der Waals surface area contributed by atoms with Gasteiger partial charge in [0, 0.05) is 34.9 Å². The first-order valence-corrected chi connectivity index (χ1v) is 10.4. The Labute approximate surface area is 184 Å². The first-order valence-electron chi connectivity index (χ1n) is 10.4. The minimum atomic E-state index is -1.55. The number of H-pyrrole nitrogens is 1. The van der Waals surface area contributed by atoms with E-state index in [4.69, 9.17) is 4.98 Å². The van der Waals surface area contributed by atoms with E-state index in [-0.39, 0.29) is 5.91 Å². The van der Waals surface area contributed by atoms with Crippen molar-refractivity contribution in [2.45, 2.75) is 0 Å². The predicted octanol–water partition coefficient (Wildman–Crippen LogP) is 2.39. The van der Waals surface area contributed by atoms with E-state index in [1.807, 2.05) is 42.5 Å². The van der Waals surface area contributed by atoms with Crippen LogP contribution in [0.3, 0.4) is 0 Å². The van der Waals surface area contributed by atoms with Crippen LogP contribution in [0.1, 0.15) is 10.4 Å². The van der Waals surface area contributed by atoms with Gasteiger partial charge in [-0.3, -0.25) is 4.79 Å². The van der Waals surface area contributed by atoms with Crippen LogP contribution in [0, 0.1) is 0 Å². The van der Waals surface area contributed by atoms with Crippen molar-refractivity contribution in [3.05, 3.63) is 78.4 Å². The molecule has 0 saturated carbocycles. The van der Waals surface area contributed by atoms with Crippen molar-refractivity contribution >= 4 is 57.0 Å². The molecular weight excluding hydrogens is 403 g/mol. The van der Waals surface area contributed by atoms with Gasteiger partial charge in [-0.1, -0.05) is 48.5 Å². The normalized spacial score (nSPS) is 11.2. The molecule has 0 fully saturated rings. The van der Waals surface area contributed by atoms with Crippen LogP contribution in [0.2, 0.25) is 0 Å². The summed E-state index contributed by atoms with van der Waals surface area (Å²) in [5.74, 6) is -0.221. The maximum absolute atomic E-state index is 12.4. The molecule has 7 nitrogen and oxygen atoms in total. The summed E-state index contributed by atoms with van der Waals surface area (Å²) in [7, 11) is -1.55. The maximum atomic E-state index is 12.4. The van der Waals surface area contributed by atoms with Crippen LogP contribution in [0.5, 0.6) is 0 Å². The van der Waals surface area contributed by atoms with Gasteiger partial charge < -0.3 is 25.7 Å². The number of pyridine rings is 1. The number of rotatable bonds is 6. The lowest BCUT2D eigenvalue weighted by atomic mass is 9.80. The second-order valence-electron chi connectivity index (χ2n) is 7.58. The van der Waals surface area contributed by atoms with E-state index in [9.17, 15) is 14.8 Å². The molecule has 5 aromatic rings. The van der Waals surface area contributed by atoms with Crippen molar-refractivity contribution in [3.63, 3.8) is 0 Å². The number of amides is 1. The van der Waals surface area contributed by atoms with Gasteiger partial charge in [0.05, 0.1) is 22.2 Å².